The quantitative estimate of drug-likeness (QED) is 0.242. The van der Waals surface area contributed by atoms with Crippen molar-refractivity contribution in [1.82, 2.24) is 24.7 Å². The minimum absolute atomic E-state index is 0.0177. The van der Waals surface area contributed by atoms with E-state index in [1.54, 1.807) is 24.7 Å². The van der Waals surface area contributed by atoms with Gasteiger partial charge in [-0.15, -0.1) is 0 Å². The average Bonchev–Trinajstić information content (AvgIpc) is 3.35. The van der Waals surface area contributed by atoms with Gasteiger partial charge in [0.1, 0.15) is 23.1 Å². The third-order valence-corrected chi connectivity index (χ3v) is 6.42. The van der Waals surface area contributed by atoms with Crippen LogP contribution in [0.2, 0.25) is 0 Å². The Bertz CT molecular complexity index is 1860. The molecule has 0 saturated heterocycles. The van der Waals surface area contributed by atoms with Crippen LogP contribution in [0.3, 0.4) is 0 Å². The Kier molecular flexibility index (Phi) is 7.11. The number of nitrogens with zero attached hydrogens (tertiary/aromatic N) is 5. The molecule has 4 N–H and O–H groups in total. The third kappa shape index (κ3) is 5.99. The number of benzene rings is 2. The zero-order valence-corrected chi connectivity index (χ0v) is 23.4. The van der Waals surface area contributed by atoms with Crippen LogP contribution in [0.25, 0.3) is 16.6 Å². The molecule has 2 amide bonds. The number of carbonyl (C=O) groups excluding carboxylic acids is 1. The zero-order chi connectivity index (χ0) is 29.3. The molecule has 5 rings (SSSR count). The highest BCUT2D eigenvalue weighted by molar-refractivity contribution is 5.99. The number of nitrogen functional groups attached to an aromatic ring is 1. The second kappa shape index (κ2) is 10.7. The number of anilines is 3. The number of nitrogens with one attached hydrogen (secondary N) is 2. The molecule has 0 aliphatic rings. The third-order valence-electron chi connectivity index (χ3n) is 6.42. The van der Waals surface area contributed by atoms with Crippen LogP contribution in [-0.2, 0) is 5.41 Å². The van der Waals surface area contributed by atoms with Gasteiger partial charge in [0.25, 0.3) is 0 Å². The lowest BCUT2D eigenvalue weighted by atomic mass is 9.92. The number of halogens is 1. The van der Waals surface area contributed by atoms with E-state index in [1.165, 1.54) is 18.3 Å². The molecule has 0 bridgehead atoms. The number of fused-ring (bicyclic) bond motifs is 1. The molecule has 0 spiro atoms. The highest BCUT2D eigenvalue weighted by atomic mass is 19.1. The molecule has 0 saturated carbocycles. The van der Waals surface area contributed by atoms with E-state index in [4.69, 9.17) is 10.8 Å². The van der Waals surface area contributed by atoms with Gasteiger partial charge in [-0.05, 0) is 61.7 Å². The van der Waals surface area contributed by atoms with Crippen molar-refractivity contribution in [2.75, 3.05) is 16.4 Å². The van der Waals surface area contributed by atoms with E-state index in [-0.39, 0.29) is 11.1 Å². The molecule has 9 nitrogen and oxygen atoms in total. The number of carbonyl (C=O) groups is 1. The fourth-order valence-corrected chi connectivity index (χ4v) is 4.08. The van der Waals surface area contributed by atoms with Gasteiger partial charge >= 0.3 is 6.03 Å². The van der Waals surface area contributed by atoms with E-state index >= 15 is 0 Å². The van der Waals surface area contributed by atoms with Crippen molar-refractivity contribution in [2.45, 2.75) is 40.0 Å². The number of rotatable bonds is 3. The van der Waals surface area contributed by atoms with Gasteiger partial charge < -0.3 is 11.1 Å². The first-order valence-electron chi connectivity index (χ1n) is 12.9. The Morgan fingerprint density at radius 3 is 2.59 bits per heavy atom. The zero-order valence-electron chi connectivity index (χ0n) is 23.4. The van der Waals surface area contributed by atoms with Crippen LogP contribution in [0.4, 0.5) is 26.5 Å². The number of aryl methyl sites for hydroxylation is 2. The summed E-state index contributed by atoms with van der Waals surface area (Å²) in [7, 11) is 0. The number of aromatic nitrogens is 5. The topological polar surface area (TPSA) is 124 Å². The number of nitrogens with two attached hydrogens (primary N) is 1. The largest absolute Gasteiger partial charge is 0.382 e. The molecule has 206 valence electrons. The van der Waals surface area contributed by atoms with Crippen molar-refractivity contribution in [2.24, 2.45) is 0 Å². The predicted octanol–water partition coefficient (Wildman–Crippen LogP) is 5.89. The Balaban J connectivity index is 1.43. The van der Waals surface area contributed by atoms with Crippen molar-refractivity contribution in [3.8, 4) is 17.5 Å². The summed E-state index contributed by atoms with van der Waals surface area (Å²) in [5.41, 5.74) is 9.94. The Hall–Kier alpha value is -5.30. The monoisotopic (exact) mass is 548 g/mol. The van der Waals surface area contributed by atoms with Gasteiger partial charge in [0.2, 0.25) is 0 Å². The molecule has 3 aromatic heterocycles. The van der Waals surface area contributed by atoms with Crippen molar-refractivity contribution in [3.63, 3.8) is 0 Å². The molecule has 0 atom stereocenters. The lowest BCUT2D eigenvalue weighted by Crippen LogP contribution is -2.22. The van der Waals surface area contributed by atoms with Crippen LogP contribution >= 0.6 is 0 Å². The molecule has 0 fully saturated rings. The van der Waals surface area contributed by atoms with Crippen molar-refractivity contribution < 1.29 is 9.18 Å². The first-order valence-corrected chi connectivity index (χ1v) is 12.9. The number of pyridine rings is 1. The fourth-order valence-electron chi connectivity index (χ4n) is 4.08. The summed E-state index contributed by atoms with van der Waals surface area (Å²) in [6.07, 6.45) is 3.21. The molecule has 41 heavy (non-hydrogen) atoms. The summed E-state index contributed by atoms with van der Waals surface area (Å²) in [5, 5.41) is 11.1. The Morgan fingerprint density at radius 2 is 1.83 bits per heavy atom. The standard InChI is InChI=1S/C31H29FN8O/c1-18-13-24(32)26(15-20(18)8-9-22-17-35-29(33)19(2)36-22)37-30(41)38-28-16-27(31(3,4)5)39-40(28)23-10-11-25-21(14-23)7-6-12-34-25/h6-7,10-17H,1-5H3,(H2,33,35)(H2,37,38,41). The van der Waals surface area contributed by atoms with E-state index in [2.05, 4.69) is 37.4 Å². The Labute approximate surface area is 237 Å². The van der Waals surface area contributed by atoms with Gasteiger partial charge in [0.05, 0.1) is 34.5 Å². The summed E-state index contributed by atoms with van der Waals surface area (Å²) in [6, 6.07) is 13.5. The highest BCUT2D eigenvalue weighted by Gasteiger charge is 2.22. The van der Waals surface area contributed by atoms with E-state index in [9.17, 15) is 9.18 Å². The molecule has 2 aromatic carbocycles. The van der Waals surface area contributed by atoms with Crippen molar-refractivity contribution in [1.29, 1.82) is 0 Å². The van der Waals surface area contributed by atoms with Crippen LogP contribution in [0, 0.1) is 31.5 Å². The van der Waals surface area contributed by atoms with Crippen LogP contribution in [0.5, 0.6) is 0 Å². The second-order valence-electron chi connectivity index (χ2n) is 10.7. The van der Waals surface area contributed by atoms with E-state index in [1.807, 2.05) is 57.2 Å². The lowest BCUT2D eigenvalue weighted by molar-refractivity contribution is 0.262. The summed E-state index contributed by atoms with van der Waals surface area (Å²) in [4.78, 5) is 25.9. The lowest BCUT2D eigenvalue weighted by Gasteiger charge is -2.14. The van der Waals surface area contributed by atoms with Gasteiger partial charge in [0.15, 0.2) is 0 Å². The Morgan fingerprint density at radius 1 is 1.02 bits per heavy atom. The fraction of sp³-hybridized carbons (Fsp3) is 0.194. The number of hydrogen-bond donors (Lipinski definition) is 3. The van der Waals surface area contributed by atoms with Gasteiger partial charge in [-0.2, -0.15) is 5.10 Å². The molecule has 0 unspecified atom stereocenters. The van der Waals surface area contributed by atoms with Gasteiger partial charge in [-0.1, -0.05) is 32.8 Å². The van der Waals surface area contributed by atoms with E-state index < -0.39 is 11.8 Å². The number of amides is 2. The minimum Gasteiger partial charge on any atom is -0.382 e. The normalized spacial score (nSPS) is 11.2. The van der Waals surface area contributed by atoms with E-state index in [0.717, 1.165) is 22.3 Å². The molecular weight excluding hydrogens is 519 g/mol. The number of hydrogen-bond acceptors (Lipinski definition) is 6. The molecule has 10 heteroatoms. The molecule has 3 heterocycles. The SMILES string of the molecule is Cc1cc(F)c(NC(=O)Nc2cc(C(C)(C)C)nn2-c2ccc3ncccc3c2)cc1C#Cc1cnc(N)c(C)n1. The molecule has 0 aliphatic carbocycles. The van der Waals surface area contributed by atoms with E-state index in [0.29, 0.717) is 34.2 Å². The van der Waals surface area contributed by atoms with Gasteiger partial charge in [-0.25, -0.2) is 23.8 Å². The smallest absolute Gasteiger partial charge is 0.324 e. The molecular formula is C31H29FN8O. The second-order valence-corrected chi connectivity index (χ2v) is 10.7. The first-order chi connectivity index (χ1) is 19.5. The van der Waals surface area contributed by atoms with Crippen LogP contribution in [-0.4, -0.2) is 30.8 Å². The summed E-state index contributed by atoms with van der Waals surface area (Å²) in [5.74, 6) is 6.08. The average molecular weight is 549 g/mol. The van der Waals surface area contributed by atoms with Gasteiger partial charge in [0, 0.05) is 28.6 Å². The summed E-state index contributed by atoms with van der Waals surface area (Å²) in [6.45, 7) is 9.59. The minimum atomic E-state index is -0.629. The van der Waals surface area contributed by atoms with Crippen LogP contribution < -0.4 is 16.4 Å². The predicted molar refractivity (Wildman–Crippen MR) is 159 cm³/mol. The molecule has 5 aromatic rings. The van der Waals surface area contributed by atoms with Crippen molar-refractivity contribution >= 4 is 34.3 Å². The highest BCUT2D eigenvalue weighted by Crippen LogP contribution is 2.28. The van der Waals surface area contributed by atoms with Crippen molar-refractivity contribution in [3.05, 3.63) is 95.0 Å². The van der Waals surface area contributed by atoms with Crippen LogP contribution in [0.1, 0.15) is 49.0 Å². The maximum atomic E-state index is 14.9. The molecule has 0 aliphatic heterocycles. The van der Waals surface area contributed by atoms with Gasteiger partial charge in [-0.3, -0.25) is 10.3 Å². The van der Waals surface area contributed by atoms with Crippen LogP contribution in [0.15, 0.2) is 60.9 Å². The summed E-state index contributed by atoms with van der Waals surface area (Å²) < 4.78 is 16.6. The summed E-state index contributed by atoms with van der Waals surface area (Å²) >= 11 is 0. The number of urea groups is 1. The maximum Gasteiger partial charge on any atom is 0.324 e. The first kappa shape index (κ1) is 27.3. The molecule has 0 radical (unpaired) electrons. The maximum absolute atomic E-state index is 14.9.